The molecular weight excluding hydrogens is 378 g/mol. The highest BCUT2D eigenvalue weighted by atomic mass is 16.5. The van der Waals surface area contributed by atoms with Gasteiger partial charge in [0.15, 0.2) is 11.5 Å². The van der Waals surface area contributed by atoms with Crippen molar-refractivity contribution in [2.24, 2.45) is 5.41 Å². The van der Waals surface area contributed by atoms with Crippen LogP contribution in [-0.2, 0) is 11.3 Å². The molecule has 0 spiro atoms. The number of carbonyl (C=O) groups is 1. The number of hydrogen-bond acceptors (Lipinski definition) is 4. The lowest BCUT2D eigenvalue weighted by molar-refractivity contribution is -0.148. The third-order valence-electron chi connectivity index (χ3n) is 6.69. The summed E-state index contributed by atoms with van der Waals surface area (Å²) in [5.74, 6) is 0.575. The van der Waals surface area contributed by atoms with Crippen molar-refractivity contribution in [3.63, 3.8) is 0 Å². The van der Waals surface area contributed by atoms with Crippen LogP contribution in [0, 0.1) is 5.41 Å². The highest BCUT2D eigenvalue weighted by Crippen LogP contribution is 2.45. The molecule has 1 aliphatic carbocycles. The van der Waals surface area contributed by atoms with Crippen LogP contribution in [0.5, 0.6) is 11.5 Å². The van der Waals surface area contributed by atoms with E-state index in [0.29, 0.717) is 18.8 Å². The topological polar surface area (TPSA) is 59.0 Å². The molecule has 1 aliphatic heterocycles. The van der Waals surface area contributed by atoms with E-state index in [1.54, 1.807) is 7.11 Å². The molecule has 30 heavy (non-hydrogen) atoms. The van der Waals surface area contributed by atoms with Crippen LogP contribution in [0.2, 0.25) is 0 Å². The fourth-order valence-corrected chi connectivity index (χ4v) is 4.94. The largest absolute Gasteiger partial charge is 0.493 e. The van der Waals surface area contributed by atoms with Gasteiger partial charge in [0.25, 0.3) is 0 Å². The summed E-state index contributed by atoms with van der Waals surface area (Å²) in [5.41, 5.74) is 1.35. The summed E-state index contributed by atoms with van der Waals surface area (Å²) in [6.07, 6.45) is 4.74. The average Bonchev–Trinajstić information content (AvgIpc) is 3.37. The molecule has 0 radical (unpaired) electrons. The second-order valence-corrected chi connectivity index (χ2v) is 8.87. The maximum atomic E-state index is 12.3. The molecule has 0 aromatic heterocycles. The van der Waals surface area contributed by atoms with Gasteiger partial charge in [-0.3, -0.25) is 9.69 Å². The van der Waals surface area contributed by atoms with E-state index < -0.39 is 11.4 Å². The van der Waals surface area contributed by atoms with Crippen molar-refractivity contribution in [3.05, 3.63) is 59.7 Å². The van der Waals surface area contributed by atoms with Crippen molar-refractivity contribution in [2.75, 3.05) is 20.2 Å². The molecule has 1 heterocycles. The standard InChI is InChI=1S/C25H31NO4/c1-25(24(27)28)17-26(15-18-8-4-3-5-9-18)16-21(25)19-12-13-22(29-2)23(14-19)30-20-10-6-7-11-20/h3-5,8-9,12-14,20-21H,6-7,10-11,15-17H2,1-2H3,(H,27,28)/t21-,25+/m0/s1. The van der Waals surface area contributed by atoms with E-state index >= 15 is 0 Å². The fraction of sp³-hybridized carbons (Fsp3) is 0.480. The zero-order valence-electron chi connectivity index (χ0n) is 17.8. The molecular formula is C25H31NO4. The van der Waals surface area contributed by atoms with Gasteiger partial charge in [0.1, 0.15) is 0 Å². The highest BCUT2D eigenvalue weighted by molar-refractivity contribution is 5.77. The van der Waals surface area contributed by atoms with Gasteiger partial charge in [-0.25, -0.2) is 0 Å². The van der Waals surface area contributed by atoms with Crippen molar-refractivity contribution < 1.29 is 19.4 Å². The van der Waals surface area contributed by atoms with Gasteiger partial charge >= 0.3 is 5.97 Å². The van der Waals surface area contributed by atoms with Crippen molar-refractivity contribution in [3.8, 4) is 11.5 Å². The Morgan fingerprint density at radius 3 is 2.53 bits per heavy atom. The molecule has 160 valence electrons. The minimum atomic E-state index is -0.853. The molecule has 0 bridgehead atoms. The maximum Gasteiger partial charge on any atom is 0.311 e. The lowest BCUT2D eigenvalue weighted by Crippen LogP contribution is -2.35. The number of hydrogen-bond donors (Lipinski definition) is 1. The first-order valence-electron chi connectivity index (χ1n) is 10.8. The number of likely N-dealkylation sites (tertiary alicyclic amines) is 1. The van der Waals surface area contributed by atoms with Gasteiger partial charge in [0.05, 0.1) is 18.6 Å². The molecule has 2 fully saturated rings. The Labute approximate surface area is 178 Å². The molecule has 0 amide bonds. The van der Waals surface area contributed by atoms with E-state index in [4.69, 9.17) is 9.47 Å². The van der Waals surface area contributed by atoms with E-state index in [2.05, 4.69) is 17.0 Å². The van der Waals surface area contributed by atoms with Crippen LogP contribution in [0.4, 0.5) is 0 Å². The lowest BCUT2D eigenvalue weighted by Gasteiger charge is -2.27. The van der Waals surface area contributed by atoms with Crippen molar-refractivity contribution in [1.29, 1.82) is 0 Å². The van der Waals surface area contributed by atoms with E-state index in [1.807, 2.05) is 43.3 Å². The van der Waals surface area contributed by atoms with Crippen LogP contribution >= 0.6 is 0 Å². The fourth-order valence-electron chi connectivity index (χ4n) is 4.94. The molecule has 2 aromatic carbocycles. The smallest absolute Gasteiger partial charge is 0.311 e. The predicted molar refractivity (Wildman–Crippen MR) is 116 cm³/mol. The minimum absolute atomic E-state index is 0.115. The van der Waals surface area contributed by atoms with Crippen LogP contribution in [0.1, 0.15) is 49.7 Å². The first-order chi connectivity index (χ1) is 14.5. The second-order valence-electron chi connectivity index (χ2n) is 8.87. The van der Waals surface area contributed by atoms with Crippen LogP contribution in [-0.4, -0.2) is 42.3 Å². The number of benzene rings is 2. The van der Waals surface area contributed by atoms with Crippen LogP contribution in [0.15, 0.2) is 48.5 Å². The van der Waals surface area contributed by atoms with Gasteiger partial charge in [-0.1, -0.05) is 36.4 Å². The number of nitrogens with zero attached hydrogens (tertiary/aromatic N) is 1. The summed E-state index contributed by atoms with van der Waals surface area (Å²) in [6, 6.07) is 16.2. The van der Waals surface area contributed by atoms with E-state index in [-0.39, 0.29) is 12.0 Å². The van der Waals surface area contributed by atoms with Crippen LogP contribution in [0.3, 0.4) is 0 Å². The van der Waals surface area contributed by atoms with E-state index in [1.165, 1.54) is 18.4 Å². The quantitative estimate of drug-likeness (QED) is 0.718. The molecule has 2 aliphatic rings. The molecule has 5 nitrogen and oxygen atoms in total. The van der Waals surface area contributed by atoms with Crippen molar-refractivity contribution >= 4 is 5.97 Å². The molecule has 2 atom stereocenters. The normalized spacial score (nSPS) is 24.8. The molecule has 0 unspecified atom stereocenters. The third-order valence-corrected chi connectivity index (χ3v) is 6.69. The van der Waals surface area contributed by atoms with Crippen LogP contribution < -0.4 is 9.47 Å². The number of methoxy groups -OCH3 is 1. The highest BCUT2D eigenvalue weighted by Gasteiger charge is 2.49. The third kappa shape index (κ3) is 4.17. The predicted octanol–water partition coefficient (Wildman–Crippen LogP) is 4.71. The second kappa shape index (κ2) is 8.68. The lowest BCUT2D eigenvalue weighted by atomic mass is 9.76. The van der Waals surface area contributed by atoms with E-state index in [9.17, 15) is 9.90 Å². The Hall–Kier alpha value is -2.53. The van der Waals surface area contributed by atoms with Crippen molar-refractivity contribution in [2.45, 2.75) is 51.2 Å². The molecule has 2 aromatic rings. The van der Waals surface area contributed by atoms with Gasteiger partial charge in [0, 0.05) is 25.6 Å². The summed E-state index contributed by atoms with van der Waals surface area (Å²) in [5, 5.41) is 10.1. The Kier molecular flexibility index (Phi) is 6.00. The zero-order chi connectivity index (χ0) is 21.1. The first-order valence-corrected chi connectivity index (χ1v) is 10.8. The average molecular weight is 410 g/mol. The SMILES string of the molecule is COc1ccc([C@@H]2CN(Cc3ccccc3)C[C@@]2(C)C(=O)O)cc1OC1CCCC1. The van der Waals surface area contributed by atoms with Gasteiger partial charge in [-0.2, -0.15) is 0 Å². The number of rotatable bonds is 7. The Morgan fingerprint density at radius 2 is 1.87 bits per heavy atom. The van der Waals surface area contributed by atoms with Crippen LogP contribution in [0.25, 0.3) is 0 Å². The summed E-state index contributed by atoms with van der Waals surface area (Å²) in [4.78, 5) is 14.6. The summed E-state index contributed by atoms with van der Waals surface area (Å²) < 4.78 is 11.8. The Balaban J connectivity index is 1.60. The number of carboxylic acids is 1. The minimum Gasteiger partial charge on any atom is -0.493 e. The maximum absolute atomic E-state index is 12.3. The first kappa shape index (κ1) is 20.7. The Bertz CT molecular complexity index is 878. The summed E-state index contributed by atoms with van der Waals surface area (Å²) in [7, 11) is 1.65. The molecule has 4 rings (SSSR count). The molecule has 1 N–H and O–H groups in total. The molecule has 1 saturated heterocycles. The number of carboxylic acid groups (broad SMARTS) is 1. The van der Waals surface area contributed by atoms with Gasteiger partial charge in [0.2, 0.25) is 0 Å². The van der Waals surface area contributed by atoms with E-state index in [0.717, 1.165) is 30.7 Å². The van der Waals surface area contributed by atoms with Gasteiger partial charge in [-0.15, -0.1) is 0 Å². The number of ether oxygens (including phenoxy) is 2. The van der Waals surface area contributed by atoms with Gasteiger partial charge in [-0.05, 0) is 55.9 Å². The zero-order valence-corrected chi connectivity index (χ0v) is 17.8. The molecule has 5 heteroatoms. The summed E-state index contributed by atoms with van der Waals surface area (Å²) in [6.45, 7) is 3.84. The number of aliphatic carboxylic acids is 1. The Morgan fingerprint density at radius 1 is 1.13 bits per heavy atom. The van der Waals surface area contributed by atoms with Gasteiger partial charge < -0.3 is 14.6 Å². The summed E-state index contributed by atoms with van der Waals surface area (Å²) >= 11 is 0. The monoisotopic (exact) mass is 409 g/mol. The van der Waals surface area contributed by atoms with Crippen molar-refractivity contribution in [1.82, 2.24) is 4.90 Å². The molecule has 1 saturated carbocycles.